The summed E-state index contributed by atoms with van der Waals surface area (Å²) in [7, 11) is 1.72. The van der Waals surface area contributed by atoms with Crippen LogP contribution in [0.15, 0.2) is 35.3 Å². The topological polar surface area (TPSA) is 88.7 Å². The Bertz CT molecular complexity index is 1370. The van der Waals surface area contributed by atoms with Crippen molar-refractivity contribution in [3.05, 3.63) is 62.9 Å². The molecule has 8 heteroatoms. The van der Waals surface area contributed by atoms with E-state index in [4.69, 9.17) is 22.4 Å². The molecule has 1 aliphatic rings. The fraction of sp³-hybridized carbons (Fsp3) is 0.545. The Hall–Kier alpha value is -2.93. The lowest BCUT2D eigenvalue weighted by Gasteiger charge is -2.33. The summed E-state index contributed by atoms with van der Waals surface area (Å²) in [5, 5.41) is 16.7. The van der Waals surface area contributed by atoms with E-state index in [2.05, 4.69) is 25.8 Å². The van der Waals surface area contributed by atoms with Gasteiger partial charge in [-0.2, -0.15) is 0 Å². The summed E-state index contributed by atoms with van der Waals surface area (Å²) in [4.78, 5) is 17.7. The van der Waals surface area contributed by atoms with Gasteiger partial charge >= 0.3 is 0 Å². The third-order valence-corrected chi connectivity index (χ3v) is 8.45. The predicted molar refractivity (Wildman–Crippen MR) is 171 cm³/mol. The summed E-state index contributed by atoms with van der Waals surface area (Å²) in [6.45, 7) is 8.64. The number of rotatable bonds is 10. The number of halogens is 2. The van der Waals surface area contributed by atoms with Crippen molar-refractivity contribution in [2.75, 3.05) is 7.05 Å². The van der Waals surface area contributed by atoms with E-state index in [9.17, 15) is 9.18 Å². The summed E-state index contributed by atoms with van der Waals surface area (Å²) < 4.78 is 16.1. The molecule has 224 valence electrons. The number of hydrogen-bond donors (Lipinski definition) is 3. The molecule has 0 bridgehead atoms. The summed E-state index contributed by atoms with van der Waals surface area (Å²) in [6.07, 6.45) is 14.2. The highest BCUT2D eigenvalue weighted by atomic mass is 35.5. The summed E-state index contributed by atoms with van der Waals surface area (Å²) in [5.74, 6) is 0.920. The van der Waals surface area contributed by atoms with Gasteiger partial charge in [-0.05, 0) is 48.8 Å². The number of unbranched alkanes of at least 4 members (excludes halogenated alkanes) is 2. The Morgan fingerprint density at radius 1 is 1.22 bits per heavy atom. The number of nitrogens with one attached hydrogen (secondary N) is 3. The molecule has 1 unspecified atom stereocenters. The fourth-order valence-electron chi connectivity index (χ4n) is 5.79. The Labute approximate surface area is 249 Å². The van der Waals surface area contributed by atoms with Crippen molar-refractivity contribution in [1.82, 2.24) is 14.5 Å². The summed E-state index contributed by atoms with van der Waals surface area (Å²) in [5.41, 5.74) is 1.68. The van der Waals surface area contributed by atoms with Gasteiger partial charge in [-0.3, -0.25) is 20.2 Å². The van der Waals surface area contributed by atoms with Crippen LogP contribution in [-0.2, 0) is 6.42 Å². The monoisotopic (exact) mass is 583 g/mol. The van der Waals surface area contributed by atoms with E-state index >= 15 is 0 Å². The van der Waals surface area contributed by atoms with Crippen LogP contribution < -0.4 is 5.56 Å². The first-order valence-corrected chi connectivity index (χ1v) is 15.6. The molecule has 2 aromatic heterocycles. The van der Waals surface area contributed by atoms with Crippen LogP contribution in [0.5, 0.6) is 0 Å². The molecule has 6 nitrogen and oxygen atoms in total. The van der Waals surface area contributed by atoms with E-state index in [1.807, 2.05) is 31.2 Å². The number of hydrogen-bond acceptors (Lipinski definition) is 3. The molecule has 0 amide bonds. The molecule has 1 aromatic carbocycles. The Balaban J connectivity index is 0.000000507. The third-order valence-electron chi connectivity index (χ3n) is 8.16. The molecule has 1 saturated carbocycles. The van der Waals surface area contributed by atoms with Gasteiger partial charge in [0.1, 0.15) is 11.4 Å². The van der Waals surface area contributed by atoms with Crippen molar-refractivity contribution in [1.29, 1.82) is 10.8 Å². The van der Waals surface area contributed by atoms with Crippen molar-refractivity contribution < 1.29 is 4.39 Å². The van der Waals surface area contributed by atoms with Gasteiger partial charge in [-0.25, -0.2) is 4.39 Å². The van der Waals surface area contributed by atoms with Gasteiger partial charge in [0.25, 0.3) is 5.56 Å². The highest BCUT2D eigenvalue weighted by Crippen LogP contribution is 2.38. The van der Waals surface area contributed by atoms with Gasteiger partial charge in [0.05, 0.1) is 22.4 Å². The second-order valence-electron chi connectivity index (χ2n) is 11.7. The minimum atomic E-state index is -0.476. The molecular weight excluding hydrogens is 537 g/mol. The summed E-state index contributed by atoms with van der Waals surface area (Å²) in [6, 6.07) is 7.57. The van der Waals surface area contributed by atoms with Crippen LogP contribution in [0.2, 0.25) is 5.02 Å². The number of H-pyrrole nitrogens is 1. The van der Waals surface area contributed by atoms with Crippen LogP contribution in [0.4, 0.5) is 4.39 Å². The zero-order valence-corrected chi connectivity index (χ0v) is 26.1. The molecule has 3 N–H and O–H groups in total. The summed E-state index contributed by atoms with van der Waals surface area (Å²) >= 11 is 6.41. The first-order valence-electron chi connectivity index (χ1n) is 15.2. The second-order valence-corrected chi connectivity index (χ2v) is 12.1. The van der Waals surface area contributed by atoms with Crippen LogP contribution in [0.1, 0.15) is 103 Å². The maximum atomic E-state index is 14.7. The van der Waals surface area contributed by atoms with Gasteiger partial charge in [-0.15, -0.1) is 0 Å². The van der Waals surface area contributed by atoms with Crippen LogP contribution in [0.3, 0.4) is 0 Å². The van der Waals surface area contributed by atoms with E-state index in [1.165, 1.54) is 47.8 Å². The number of amidine groups is 1. The number of aromatic nitrogens is 2. The predicted octanol–water partition coefficient (Wildman–Crippen LogP) is 9.08. The van der Waals surface area contributed by atoms with Gasteiger partial charge < -0.3 is 9.88 Å². The van der Waals surface area contributed by atoms with Crippen LogP contribution >= 0.6 is 11.6 Å². The van der Waals surface area contributed by atoms with E-state index < -0.39 is 5.82 Å². The van der Waals surface area contributed by atoms with Gasteiger partial charge in [0.15, 0.2) is 5.82 Å². The molecule has 0 aliphatic heterocycles. The molecule has 1 aliphatic carbocycles. The van der Waals surface area contributed by atoms with Crippen molar-refractivity contribution in [2.24, 2.45) is 11.8 Å². The van der Waals surface area contributed by atoms with E-state index in [0.717, 1.165) is 43.5 Å². The number of likely N-dealkylation sites (N-methyl/N-ethyl adjacent to an activating group) is 1. The number of aryl methyl sites for hydroxylation is 1. The van der Waals surface area contributed by atoms with Crippen molar-refractivity contribution in [2.45, 2.75) is 97.8 Å². The standard InChI is InChI=1S/C25H29ClFN5O.C8H18/c1-3-19-22(27)21-18(26)13-32(25(33)23(21)30-19)17-11-7-10-16(12-17)20(24(29)31(2)14-28)15-8-5-4-6-9-15;1-4-5-6-7-8(2)3/h7,10-15,20,28-30H,3-6,8-9H2,1-2H3;8H,4-7H2,1-3H3. The van der Waals surface area contributed by atoms with Crippen molar-refractivity contribution >= 4 is 34.7 Å². The number of pyridine rings is 1. The smallest absolute Gasteiger partial charge is 0.279 e. The molecule has 41 heavy (non-hydrogen) atoms. The van der Waals surface area contributed by atoms with Gasteiger partial charge in [0.2, 0.25) is 0 Å². The molecule has 4 rings (SSSR count). The Morgan fingerprint density at radius 2 is 1.93 bits per heavy atom. The number of nitrogens with zero attached hydrogens (tertiary/aromatic N) is 2. The normalized spacial score (nSPS) is 14.5. The molecule has 1 atom stereocenters. The first-order chi connectivity index (χ1) is 19.6. The molecular formula is C33H47ClFN5O. The Morgan fingerprint density at radius 3 is 2.54 bits per heavy atom. The van der Waals surface area contributed by atoms with Gasteiger partial charge in [0, 0.05) is 24.8 Å². The number of benzene rings is 1. The highest BCUT2D eigenvalue weighted by Gasteiger charge is 2.30. The SMILES string of the molecule is CCCCCC(C)C.CCc1[nH]c2c(=O)n(-c3cccc(C(C(=N)N(C)C=N)C4CCCCC4)c3)cc(Cl)c2c1F. The number of aromatic amines is 1. The molecule has 3 aromatic rings. The third kappa shape index (κ3) is 7.88. The van der Waals surface area contributed by atoms with Gasteiger partial charge in [-0.1, -0.05) is 96.4 Å². The maximum Gasteiger partial charge on any atom is 0.279 e. The van der Waals surface area contributed by atoms with E-state index in [0.29, 0.717) is 29.6 Å². The van der Waals surface area contributed by atoms with E-state index in [1.54, 1.807) is 7.05 Å². The minimum Gasteiger partial charge on any atom is -0.351 e. The quantitative estimate of drug-likeness (QED) is 0.126. The average molecular weight is 584 g/mol. The zero-order chi connectivity index (χ0) is 30.1. The molecule has 0 radical (unpaired) electrons. The van der Waals surface area contributed by atoms with E-state index in [-0.39, 0.29) is 27.4 Å². The lowest BCUT2D eigenvalue weighted by molar-refractivity contribution is 0.334. The van der Waals surface area contributed by atoms with Crippen LogP contribution in [0.25, 0.3) is 16.6 Å². The molecule has 0 saturated heterocycles. The number of fused-ring (bicyclic) bond motifs is 1. The lowest BCUT2D eigenvalue weighted by Crippen LogP contribution is -2.34. The fourth-order valence-corrected chi connectivity index (χ4v) is 6.06. The lowest BCUT2D eigenvalue weighted by atomic mass is 9.76. The molecule has 1 fully saturated rings. The zero-order valence-electron chi connectivity index (χ0n) is 25.3. The van der Waals surface area contributed by atoms with Crippen LogP contribution in [-0.4, -0.2) is 33.7 Å². The largest absolute Gasteiger partial charge is 0.351 e. The maximum absolute atomic E-state index is 14.7. The average Bonchev–Trinajstić information content (AvgIpc) is 3.32. The Kier molecular flexibility index (Phi) is 12.2. The highest BCUT2D eigenvalue weighted by molar-refractivity contribution is 6.35. The second kappa shape index (κ2) is 15.3. The van der Waals surface area contributed by atoms with Crippen molar-refractivity contribution in [3.8, 4) is 5.69 Å². The minimum absolute atomic E-state index is 0.125. The molecule has 2 heterocycles. The first kappa shape index (κ1) is 32.6. The van der Waals surface area contributed by atoms with Crippen LogP contribution in [0, 0.1) is 28.5 Å². The van der Waals surface area contributed by atoms with Crippen molar-refractivity contribution in [3.63, 3.8) is 0 Å². The molecule has 0 spiro atoms.